The molecule has 0 saturated carbocycles. The van der Waals surface area contributed by atoms with Crippen molar-refractivity contribution in [1.29, 1.82) is 0 Å². The van der Waals surface area contributed by atoms with Gasteiger partial charge >= 0.3 is 0 Å². The Morgan fingerprint density at radius 1 is 1.50 bits per heavy atom. The van der Waals surface area contributed by atoms with Crippen LogP contribution in [0.2, 0.25) is 0 Å². The Morgan fingerprint density at radius 2 is 2.21 bits per heavy atom. The van der Waals surface area contributed by atoms with Crippen LogP contribution in [0.3, 0.4) is 0 Å². The zero-order valence-corrected chi connectivity index (χ0v) is 8.96. The third-order valence-corrected chi connectivity index (χ3v) is 2.22. The van der Waals surface area contributed by atoms with Gasteiger partial charge in [0.2, 0.25) is 0 Å². The normalized spacial score (nSPS) is 12.5. The molecule has 1 atom stereocenters. The summed E-state index contributed by atoms with van der Waals surface area (Å²) in [6, 6.07) is 3.75. The molecule has 14 heavy (non-hydrogen) atoms. The van der Waals surface area contributed by atoms with Crippen molar-refractivity contribution in [3.8, 4) is 0 Å². The van der Waals surface area contributed by atoms with E-state index in [4.69, 9.17) is 4.42 Å². The number of rotatable bonds is 4. The summed E-state index contributed by atoms with van der Waals surface area (Å²) in [6.07, 6.45) is 1.74. The Labute approximate surface area is 84.5 Å². The maximum absolute atomic E-state index is 11.5. The van der Waals surface area contributed by atoms with Gasteiger partial charge in [-0.3, -0.25) is 4.79 Å². The van der Waals surface area contributed by atoms with Gasteiger partial charge in [0.15, 0.2) is 5.76 Å². The molecule has 1 aromatic rings. The fourth-order valence-corrected chi connectivity index (χ4v) is 1.09. The van der Waals surface area contributed by atoms with E-state index < -0.39 is 0 Å². The highest BCUT2D eigenvalue weighted by atomic mass is 16.3. The van der Waals surface area contributed by atoms with Gasteiger partial charge in [0.1, 0.15) is 5.76 Å². The SMILES string of the molecule is CCc1ccc(C(=O)NC(C)CC)o1. The second-order valence-corrected chi connectivity index (χ2v) is 3.40. The first-order valence-corrected chi connectivity index (χ1v) is 5.07. The molecular formula is C11H17NO2. The highest BCUT2D eigenvalue weighted by Gasteiger charge is 2.11. The molecule has 3 nitrogen and oxygen atoms in total. The van der Waals surface area contributed by atoms with Crippen molar-refractivity contribution in [2.24, 2.45) is 0 Å². The van der Waals surface area contributed by atoms with Gasteiger partial charge in [0.05, 0.1) is 0 Å². The van der Waals surface area contributed by atoms with Crippen LogP contribution in [0.1, 0.15) is 43.5 Å². The molecule has 0 aromatic carbocycles. The van der Waals surface area contributed by atoms with E-state index in [0.717, 1.165) is 18.6 Å². The van der Waals surface area contributed by atoms with Gasteiger partial charge in [-0.1, -0.05) is 13.8 Å². The summed E-state index contributed by atoms with van der Waals surface area (Å²) >= 11 is 0. The standard InChI is InChI=1S/C11H17NO2/c1-4-8(3)12-11(13)10-7-6-9(5-2)14-10/h6-8H,4-5H2,1-3H3,(H,12,13). The third-order valence-electron chi connectivity index (χ3n) is 2.22. The number of aryl methyl sites for hydroxylation is 1. The molecule has 1 aromatic heterocycles. The molecule has 1 unspecified atom stereocenters. The lowest BCUT2D eigenvalue weighted by molar-refractivity contribution is 0.0909. The number of hydrogen-bond donors (Lipinski definition) is 1. The molecule has 1 heterocycles. The summed E-state index contributed by atoms with van der Waals surface area (Å²) in [5.41, 5.74) is 0. The summed E-state index contributed by atoms with van der Waals surface area (Å²) in [5.74, 6) is 1.13. The maximum Gasteiger partial charge on any atom is 0.287 e. The van der Waals surface area contributed by atoms with Crippen LogP contribution in [-0.2, 0) is 6.42 Å². The van der Waals surface area contributed by atoms with Crippen LogP contribution in [0.25, 0.3) is 0 Å². The van der Waals surface area contributed by atoms with Gasteiger partial charge in [-0.25, -0.2) is 0 Å². The van der Waals surface area contributed by atoms with E-state index in [2.05, 4.69) is 5.32 Å². The molecule has 0 spiro atoms. The van der Waals surface area contributed by atoms with Crippen LogP contribution in [0.4, 0.5) is 0 Å². The Morgan fingerprint density at radius 3 is 2.71 bits per heavy atom. The first-order valence-electron chi connectivity index (χ1n) is 5.07. The smallest absolute Gasteiger partial charge is 0.287 e. The first-order chi connectivity index (χ1) is 6.67. The minimum Gasteiger partial charge on any atom is -0.456 e. The summed E-state index contributed by atoms with van der Waals surface area (Å²) < 4.78 is 5.33. The first kappa shape index (κ1) is 10.8. The molecule has 0 fully saturated rings. The van der Waals surface area contributed by atoms with Gasteiger partial charge in [-0.05, 0) is 25.5 Å². The van der Waals surface area contributed by atoms with Crippen LogP contribution >= 0.6 is 0 Å². The Bertz CT molecular complexity index is 304. The Kier molecular flexibility index (Phi) is 3.74. The number of carbonyl (C=O) groups is 1. The number of carbonyl (C=O) groups excluding carboxylic acids is 1. The molecule has 0 aliphatic carbocycles. The van der Waals surface area contributed by atoms with Gasteiger partial charge in [-0.15, -0.1) is 0 Å². The average molecular weight is 195 g/mol. The van der Waals surface area contributed by atoms with E-state index in [0.29, 0.717) is 5.76 Å². The maximum atomic E-state index is 11.5. The van der Waals surface area contributed by atoms with Crippen molar-refractivity contribution in [1.82, 2.24) is 5.32 Å². The molecule has 1 amide bonds. The molecule has 0 saturated heterocycles. The number of furan rings is 1. The second kappa shape index (κ2) is 4.84. The lowest BCUT2D eigenvalue weighted by Crippen LogP contribution is -2.31. The lowest BCUT2D eigenvalue weighted by atomic mass is 10.2. The molecule has 78 valence electrons. The van der Waals surface area contributed by atoms with E-state index in [1.54, 1.807) is 6.07 Å². The van der Waals surface area contributed by atoms with Crippen molar-refractivity contribution in [3.63, 3.8) is 0 Å². The van der Waals surface area contributed by atoms with E-state index in [9.17, 15) is 4.79 Å². The molecule has 0 bridgehead atoms. The zero-order chi connectivity index (χ0) is 10.6. The van der Waals surface area contributed by atoms with E-state index in [-0.39, 0.29) is 11.9 Å². The van der Waals surface area contributed by atoms with Crippen molar-refractivity contribution < 1.29 is 9.21 Å². The van der Waals surface area contributed by atoms with Gasteiger partial charge in [-0.2, -0.15) is 0 Å². The van der Waals surface area contributed by atoms with Crippen LogP contribution < -0.4 is 5.32 Å². The van der Waals surface area contributed by atoms with Crippen molar-refractivity contribution in [2.75, 3.05) is 0 Å². The van der Waals surface area contributed by atoms with Crippen molar-refractivity contribution >= 4 is 5.91 Å². The van der Waals surface area contributed by atoms with Gasteiger partial charge in [0.25, 0.3) is 5.91 Å². The van der Waals surface area contributed by atoms with Crippen LogP contribution in [0.15, 0.2) is 16.5 Å². The number of amides is 1. The predicted molar refractivity (Wildman–Crippen MR) is 55.3 cm³/mol. The Balaban J connectivity index is 2.60. The van der Waals surface area contributed by atoms with E-state index in [1.807, 2.05) is 26.8 Å². The van der Waals surface area contributed by atoms with Gasteiger partial charge < -0.3 is 9.73 Å². The molecule has 0 aliphatic rings. The fourth-order valence-electron chi connectivity index (χ4n) is 1.09. The van der Waals surface area contributed by atoms with E-state index in [1.165, 1.54) is 0 Å². The van der Waals surface area contributed by atoms with Crippen molar-refractivity contribution in [3.05, 3.63) is 23.7 Å². The zero-order valence-electron chi connectivity index (χ0n) is 8.96. The summed E-state index contributed by atoms with van der Waals surface area (Å²) in [7, 11) is 0. The van der Waals surface area contributed by atoms with Crippen LogP contribution in [-0.4, -0.2) is 11.9 Å². The highest BCUT2D eigenvalue weighted by Crippen LogP contribution is 2.08. The van der Waals surface area contributed by atoms with E-state index >= 15 is 0 Å². The summed E-state index contributed by atoms with van der Waals surface area (Å²) in [6.45, 7) is 6.00. The monoisotopic (exact) mass is 195 g/mol. The summed E-state index contributed by atoms with van der Waals surface area (Å²) in [4.78, 5) is 11.5. The molecule has 0 radical (unpaired) electrons. The van der Waals surface area contributed by atoms with Gasteiger partial charge in [0, 0.05) is 12.5 Å². The Hall–Kier alpha value is -1.25. The predicted octanol–water partition coefficient (Wildman–Crippen LogP) is 2.37. The third kappa shape index (κ3) is 2.62. The minimum atomic E-state index is -0.126. The molecular weight excluding hydrogens is 178 g/mol. The second-order valence-electron chi connectivity index (χ2n) is 3.40. The largest absolute Gasteiger partial charge is 0.456 e. The molecule has 0 aliphatic heterocycles. The minimum absolute atomic E-state index is 0.126. The van der Waals surface area contributed by atoms with Crippen LogP contribution in [0, 0.1) is 0 Å². The fraction of sp³-hybridized carbons (Fsp3) is 0.545. The van der Waals surface area contributed by atoms with Crippen molar-refractivity contribution in [2.45, 2.75) is 39.7 Å². The average Bonchev–Trinajstić information content (AvgIpc) is 2.65. The topological polar surface area (TPSA) is 42.2 Å². The number of nitrogens with one attached hydrogen (secondary N) is 1. The lowest BCUT2D eigenvalue weighted by Gasteiger charge is -2.09. The quantitative estimate of drug-likeness (QED) is 0.801. The van der Waals surface area contributed by atoms with Crippen LogP contribution in [0.5, 0.6) is 0 Å². The molecule has 1 rings (SSSR count). The highest BCUT2D eigenvalue weighted by molar-refractivity contribution is 5.91. The molecule has 3 heteroatoms. The number of hydrogen-bond acceptors (Lipinski definition) is 2. The summed E-state index contributed by atoms with van der Waals surface area (Å²) in [5, 5.41) is 2.85. The molecule has 1 N–H and O–H groups in total.